The van der Waals surface area contributed by atoms with E-state index in [1.54, 1.807) is 51.7 Å². The SMILES string of the molecule is Cc1c(N(C(=O)c2cc(-c3cc4c(cc3C(=O)N3Cc5ccccc5C[C@H]3CN(C(C)C)C(C)C)CN(C(=O)Cc3ccc(OCCN5CCOCC5)cc3F)CC4)n(C)c2C)c2ccc(O)cc2)cc(C#N)n1C. The molecule has 1 atom stereocenters. The first-order valence-electron chi connectivity index (χ1n) is 26.2. The second kappa shape index (κ2) is 22.3. The number of amides is 3. The molecule has 0 aliphatic carbocycles. The van der Waals surface area contributed by atoms with Gasteiger partial charge in [0.25, 0.3) is 11.8 Å². The zero-order valence-electron chi connectivity index (χ0n) is 44.5. The molecule has 0 unspecified atom stereocenters. The summed E-state index contributed by atoms with van der Waals surface area (Å²) in [5, 5.41) is 20.3. The lowest BCUT2D eigenvalue weighted by Crippen LogP contribution is -2.52. The van der Waals surface area contributed by atoms with E-state index in [2.05, 4.69) is 67.8 Å². The van der Waals surface area contributed by atoms with E-state index < -0.39 is 5.82 Å². The molecule has 3 aliphatic heterocycles. The van der Waals surface area contributed by atoms with Gasteiger partial charge in [0.05, 0.1) is 30.9 Å². The summed E-state index contributed by atoms with van der Waals surface area (Å²) in [6, 6.07) is 29.5. The summed E-state index contributed by atoms with van der Waals surface area (Å²) in [5.74, 6) is -0.763. The van der Waals surface area contributed by atoms with Crippen LogP contribution in [0.5, 0.6) is 11.5 Å². The number of nitrogens with zero attached hydrogens (tertiary/aromatic N) is 8. The standard InChI is InChI=1S/C60H69FN8O6/c1-38(2)67(39(3)4)37-49-27-42-11-9-10-12-45(42)36-68(49)59(72)54-29-46-35-66(58(71)30-44-13-18-51(32-55(44)61)75-26-23-65-21-24-74-25-22-65)20-19-43(46)28-53(54)57-33-52(40(5)64(57)8)60(73)69(47-14-16-50(70)17-15-47)56-31-48(34-62)63(7)41(56)6/h9-18,28-29,31-33,38-39,49,70H,19-27,30,35-37H2,1-8H3/t49-/m0/s1. The number of hydrogen-bond acceptors (Lipinski definition) is 9. The molecule has 9 rings (SSSR count). The lowest BCUT2D eigenvalue weighted by atomic mass is 9.89. The van der Waals surface area contributed by atoms with Crippen molar-refractivity contribution in [2.75, 3.05) is 57.4 Å². The number of nitriles is 1. The van der Waals surface area contributed by atoms with Gasteiger partial charge in [0.15, 0.2) is 0 Å². The minimum absolute atomic E-state index is 0.0462. The molecule has 15 heteroatoms. The van der Waals surface area contributed by atoms with E-state index in [0.29, 0.717) is 115 Å². The van der Waals surface area contributed by atoms with Crippen LogP contribution in [0.15, 0.2) is 91.0 Å². The molecule has 0 spiro atoms. The third-order valence-electron chi connectivity index (χ3n) is 15.7. The Labute approximate surface area is 440 Å². The van der Waals surface area contributed by atoms with E-state index in [1.165, 1.54) is 23.8 Å². The van der Waals surface area contributed by atoms with Crippen molar-refractivity contribution in [3.05, 3.63) is 153 Å². The van der Waals surface area contributed by atoms with E-state index in [0.717, 1.165) is 29.8 Å². The number of anilines is 2. The highest BCUT2D eigenvalue weighted by molar-refractivity contribution is 6.13. The molecule has 0 saturated carbocycles. The van der Waals surface area contributed by atoms with Crippen molar-refractivity contribution in [2.24, 2.45) is 14.1 Å². The lowest BCUT2D eigenvalue weighted by molar-refractivity contribution is -0.131. The normalized spacial score (nSPS) is 15.8. The number of ether oxygens (including phenoxy) is 2. The number of halogens is 1. The fraction of sp³-hybridized carbons (Fsp3) is 0.400. The van der Waals surface area contributed by atoms with Gasteiger partial charge in [-0.05, 0) is 137 Å². The van der Waals surface area contributed by atoms with Crippen LogP contribution >= 0.6 is 0 Å². The van der Waals surface area contributed by atoms with Gasteiger partial charge < -0.3 is 33.5 Å². The van der Waals surface area contributed by atoms with Crippen LogP contribution in [0.1, 0.15) is 93.3 Å². The number of carbonyl (C=O) groups is 3. The van der Waals surface area contributed by atoms with Crippen LogP contribution in [0.3, 0.4) is 0 Å². The molecule has 3 aliphatic rings. The van der Waals surface area contributed by atoms with Crippen LogP contribution in [-0.4, -0.2) is 122 Å². The Bertz CT molecular complexity index is 3140. The van der Waals surface area contributed by atoms with Gasteiger partial charge in [0, 0.05) is 118 Å². The van der Waals surface area contributed by atoms with Crippen LogP contribution in [0.25, 0.3) is 11.3 Å². The molecule has 14 nitrogen and oxygen atoms in total. The van der Waals surface area contributed by atoms with E-state index in [4.69, 9.17) is 9.47 Å². The summed E-state index contributed by atoms with van der Waals surface area (Å²) < 4.78 is 30.7. The molecule has 5 heterocycles. The number of morpholine rings is 1. The van der Waals surface area contributed by atoms with Crippen molar-refractivity contribution in [3.63, 3.8) is 0 Å². The van der Waals surface area contributed by atoms with Gasteiger partial charge >= 0.3 is 0 Å². The maximum absolute atomic E-state index is 15.9. The highest BCUT2D eigenvalue weighted by atomic mass is 19.1. The van der Waals surface area contributed by atoms with Gasteiger partial charge in [0.1, 0.15) is 35.7 Å². The predicted octanol–water partition coefficient (Wildman–Crippen LogP) is 8.87. The number of rotatable bonds is 15. The Hall–Kier alpha value is -7.25. The monoisotopic (exact) mass is 1020 g/mol. The molecular formula is C60H69FN8O6. The fourth-order valence-electron chi connectivity index (χ4n) is 11.0. The summed E-state index contributed by atoms with van der Waals surface area (Å²) in [7, 11) is 3.68. The Kier molecular flexibility index (Phi) is 15.6. The minimum Gasteiger partial charge on any atom is -0.508 e. The fourth-order valence-corrected chi connectivity index (χ4v) is 11.0. The molecule has 4 aromatic carbocycles. The van der Waals surface area contributed by atoms with Gasteiger partial charge in [0.2, 0.25) is 5.91 Å². The first kappa shape index (κ1) is 52.6. The first-order valence-corrected chi connectivity index (χ1v) is 26.2. The molecule has 1 N–H and O–H groups in total. The molecular weight excluding hydrogens is 948 g/mol. The average Bonchev–Trinajstić information content (AvgIpc) is 3.86. The highest BCUT2D eigenvalue weighted by Gasteiger charge is 2.36. The summed E-state index contributed by atoms with van der Waals surface area (Å²) in [4.78, 5) is 55.3. The molecule has 1 saturated heterocycles. The maximum atomic E-state index is 15.9. The molecule has 2 aromatic heterocycles. The molecule has 0 radical (unpaired) electrons. The van der Waals surface area contributed by atoms with Gasteiger partial charge in [-0.25, -0.2) is 4.39 Å². The number of benzene rings is 4. The van der Waals surface area contributed by atoms with Crippen LogP contribution in [0, 0.1) is 31.0 Å². The van der Waals surface area contributed by atoms with Crippen LogP contribution in [0.2, 0.25) is 0 Å². The third kappa shape index (κ3) is 11.0. The number of carbonyl (C=O) groups excluding carboxylic acids is 3. The van der Waals surface area contributed by atoms with Crippen LogP contribution in [-0.2, 0) is 56.0 Å². The zero-order chi connectivity index (χ0) is 53.2. The summed E-state index contributed by atoms with van der Waals surface area (Å²) in [6.07, 6.45) is 1.05. The van der Waals surface area contributed by atoms with Crippen molar-refractivity contribution < 1.29 is 33.4 Å². The second-order valence-electron chi connectivity index (χ2n) is 20.8. The largest absolute Gasteiger partial charge is 0.508 e. The minimum atomic E-state index is -0.499. The Morgan fingerprint density at radius 1 is 0.827 bits per heavy atom. The van der Waals surface area contributed by atoms with E-state index in [9.17, 15) is 15.2 Å². The summed E-state index contributed by atoms with van der Waals surface area (Å²) in [5.41, 5.74) is 9.35. The molecule has 1 fully saturated rings. The molecule has 0 bridgehead atoms. The third-order valence-corrected chi connectivity index (χ3v) is 15.7. The number of aromatic nitrogens is 2. The Morgan fingerprint density at radius 3 is 2.23 bits per heavy atom. The van der Waals surface area contributed by atoms with E-state index in [-0.39, 0.29) is 60.1 Å². The summed E-state index contributed by atoms with van der Waals surface area (Å²) in [6.45, 7) is 18.4. The van der Waals surface area contributed by atoms with Gasteiger partial charge in [-0.3, -0.25) is 29.1 Å². The van der Waals surface area contributed by atoms with Crippen molar-refractivity contribution in [3.8, 4) is 28.8 Å². The van der Waals surface area contributed by atoms with Crippen molar-refractivity contribution in [1.82, 2.24) is 28.7 Å². The van der Waals surface area contributed by atoms with Crippen molar-refractivity contribution >= 4 is 29.1 Å². The Balaban J connectivity index is 1.08. The number of fused-ring (bicyclic) bond motifs is 2. The van der Waals surface area contributed by atoms with Crippen molar-refractivity contribution in [1.29, 1.82) is 5.26 Å². The van der Waals surface area contributed by atoms with E-state index in [1.807, 2.05) is 48.6 Å². The van der Waals surface area contributed by atoms with E-state index >= 15 is 14.0 Å². The quantitative estimate of drug-likeness (QED) is 0.107. The zero-order valence-corrected chi connectivity index (χ0v) is 44.5. The number of phenols is 1. The molecule has 392 valence electrons. The molecule has 75 heavy (non-hydrogen) atoms. The highest BCUT2D eigenvalue weighted by Crippen LogP contribution is 2.39. The molecule has 3 amide bonds. The number of aromatic hydroxyl groups is 1. The van der Waals surface area contributed by atoms with Gasteiger partial charge in [-0.2, -0.15) is 5.26 Å². The molecule has 6 aromatic rings. The van der Waals surface area contributed by atoms with Crippen molar-refractivity contribution in [2.45, 2.75) is 92.0 Å². The van der Waals surface area contributed by atoms with Crippen LogP contribution < -0.4 is 9.64 Å². The number of hydrogen-bond donors (Lipinski definition) is 1. The Morgan fingerprint density at radius 2 is 1.55 bits per heavy atom. The predicted molar refractivity (Wildman–Crippen MR) is 288 cm³/mol. The summed E-state index contributed by atoms with van der Waals surface area (Å²) >= 11 is 0. The topological polar surface area (TPSA) is 140 Å². The van der Waals surface area contributed by atoms with Crippen LogP contribution in [0.4, 0.5) is 15.8 Å². The lowest BCUT2D eigenvalue weighted by Gasteiger charge is -2.42. The maximum Gasteiger partial charge on any atom is 0.264 e. The van der Waals surface area contributed by atoms with Gasteiger partial charge in [-0.15, -0.1) is 0 Å². The average molecular weight is 1020 g/mol. The second-order valence-corrected chi connectivity index (χ2v) is 20.8. The van der Waals surface area contributed by atoms with Gasteiger partial charge in [-0.1, -0.05) is 30.3 Å². The first-order chi connectivity index (χ1) is 36.0. The smallest absolute Gasteiger partial charge is 0.264 e. The number of phenolic OH excluding ortho intramolecular Hbond substituents is 1.